The summed E-state index contributed by atoms with van der Waals surface area (Å²) in [6, 6.07) is 1.72. The predicted molar refractivity (Wildman–Crippen MR) is 70.9 cm³/mol. The van der Waals surface area contributed by atoms with Crippen LogP contribution in [0.15, 0.2) is 6.07 Å². The van der Waals surface area contributed by atoms with Gasteiger partial charge in [0.1, 0.15) is 13.2 Å². The number of nitrogens with one attached hydrogen (secondary N) is 1. The molecule has 0 bridgehead atoms. The number of carbonyl (C=O) groups is 2. The van der Waals surface area contributed by atoms with Gasteiger partial charge in [-0.15, -0.1) is 11.3 Å². The Morgan fingerprint density at radius 1 is 1.58 bits per heavy atom. The number of amides is 2. The number of aliphatic hydroxyl groups excluding tert-OH is 1. The van der Waals surface area contributed by atoms with Gasteiger partial charge in [-0.1, -0.05) is 11.8 Å². The molecule has 1 aromatic heterocycles. The van der Waals surface area contributed by atoms with Crippen LogP contribution in [0.3, 0.4) is 0 Å². The van der Waals surface area contributed by atoms with Gasteiger partial charge in [0.15, 0.2) is 0 Å². The van der Waals surface area contributed by atoms with Gasteiger partial charge in [-0.2, -0.15) is 0 Å². The van der Waals surface area contributed by atoms with Crippen LogP contribution in [0.25, 0.3) is 0 Å². The van der Waals surface area contributed by atoms with Crippen molar-refractivity contribution in [1.29, 1.82) is 0 Å². The van der Waals surface area contributed by atoms with E-state index in [1.807, 2.05) is 6.92 Å². The summed E-state index contributed by atoms with van der Waals surface area (Å²) in [6.07, 6.45) is -0.872. The van der Waals surface area contributed by atoms with E-state index in [1.54, 1.807) is 6.07 Å². The lowest BCUT2D eigenvalue weighted by molar-refractivity contribution is 0.0941. The Hall–Kier alpha value is -2.04. The molecule has 0 aliphatic rings. The van der Waals surface area contributed by atoms with E-state index in [9.17, 15) is 9.59 Å². The molecular weight excluding hydrogens is 268 g/mol. The number of primary amides is 1. The van der Waals surface area contributed by atoms with Crippen molar-refractivity contribution in [1.82, 2.24) is 5.32 Å². The first kappa shape index (κ1) is 15.0. The predicted octanol–water partition coefficient (Wildman–Crippen LogP) is 0.225. The van der Waals surface area contributed by atoms with E-state index < -0.39 is 6.09 Å². The fourth-order valence-electron chi connectivity index (χ4n) is 1.24. The highest BCUT2D eigenvalue weighted by molar-refractivity contribution is 7.14. The van der Waals surface area contributed by atoms with E-state index in [1.165, 1.54) is 11.3 Å². The van der Waals surface area contributed by atoms with Gasteiger partial charge in [0, 0.05) is 0 Å². The minimum atomic E-state index is -0.872. The second-order valence-electron chi connectivity index (χ2n) is 3.51. The molecule has 0 spiro atoms. The molecule has 4 N–H and O–H groups in total. The number of aryl methyl sites for hydroxylation is 1. The highest BCUT2D eigenvalue weighted by Gasteiger charge is 2.11. The van der Waals surface area contributed by atoms with Crippen LogP contribution >= 0.6 is 11.3 Å². The van der Waals surface area contributed by atoms with Crippen LogP contribution in [-0.2, 0) is 4.74 Å². The molecule has 1 aromatic rings. The molecule has 0 radical (unpaired) electrons. The Labute approximate surface area is 114 Å². The molecule has 6 nitrogen and oxygen atoms in total. The van der Waals surface area contributed by atoms with Gasteiger partial charge in [0.05, 0.1) is 16.3 Å². The number of thiophene rings is 1. The van der Waals surface area contributed by atoms with Crippen molar-refractivity contribution < 1.29 is 19.4 Å². The number of aliphatic hydroxyl groups is 1. The van der Waals surface area contributed by atoms with Crippen molar-refractivity contribution in [3.63, 3.8) is 0 Å². The largest absolute Gasteiger partial charge is 0.448 e. The monoisotopic (exact) mass is 282 g/mol. The maximum Gasteiger partial charge on any atom is 0.404 e. The van der Waals surface area contributed by atoms with Crippen molar-refractivity contribution in [3.8, 4) is 11.8 Å². The van der Waals surface area contributed by atoms with Gasteiger partial charge < -0.3 is 20.9 Å². The van der Waals surface area contributed by atoms with Crippen molar-refractivity contribution in [2.75, 3.05) is 19.8 Å². The second-order valence-corrected chi connectivity index (χ2v) is 4.56. The third-order valence-corrected chi connectivity index (χ3v) is 3.21. The van der Waals surface area contributed by atoms with Crippen molar-refractivity contribution in [3.05, 3.63) is 21.4 Å². The smallest absolute Gasteiger partial charge is 0.404 e. The molecule has 0 saturated carbocycles. The average molecular weight is 282 g/mol. The Balaban J connectivity index is 2.55. The van der Waals surface area contributed by atoms with Crippen LogP contribution in [-0.4, -0.2) is 36.9 Å². The third kappa shape index (κ3) is 4.99. The average Bonchev–Trinajstić information content (AvgIpc) is 2.73. The number of rotatable bonds is 4. The summed E-state index contributed by atoms with van der Waals surface area (Å²) >= 11 is 1.24. The first-order chi connectivity index (χ1) is 9.04. The topological polar surface area (TPSA) is 102 Å². The van der Waals surface area contributed by atoms with E-state index in [0.29, 0.717) is 4.88 Å². The lowest BCUT2D eigenvalue weighted by Crippen LogP contribution is -2.28. The van der Waals surface area contributed by atoms with Crippen LogP contribution in [0, 0.1) is 18.8 Å². The normalized spacial score (nSPS) is 9.37. The maximum absolute atomic E-state index is 11.8. The van der Waals surface area contributed by atoms with E-state index in [2.05, 4.69) is 21.9 Å². The Kier molecular flexibility index (Phi) is 5.85. The molecule has 0 aliphatic carbocycles. The first-order valence-corrected chi connectivity index (χ1v) is 6.27. The van der Waals surface area contributed by atoms with Crippen molar-refractivity contribution >= 4 is 23.3 Å². The van der Waals surface area contributed by atoms with Crippen molar-refractivity contribution in [2.24, 2.45) is 5.73 Å². The summed E-state index contributed by atoms with van der Waals surface area (Å²) in [6.45, 7) is 1.84. The quantitative estimate of drug-likeness (QED) is 0.543. The molecule has 0 fully saturated rings. The van der Waals surface area contributed by atoms with Gasteiger partial charge in [-0.05, 0) is 18.6 Å². The minimum absolute atomic E-state index is 0.0304. The Morgan fingerprint density at radius 3 is 2.95 bits per heavy atom. The highest BCUT2D eigenvalue weighted by atomic mass is 32.1. The van der Waals surface area contributed by atoms with Crippen LogP contribution in [0.1, 0.15) is 20.1 Å². The summed E-state index contributed by atoms with van der Waals surface area (Å²) in [4.78, 5) is 23.3. The van der Waals surface area contributed by atoms with E-state index >= 15 is 0 Å². The number of ether oxygens (including phenoxy) is 1. The molecule has 19 heavy (non-hydrogen) atoms. The Bertz CT molecular complexity index is 528. The SMILES string of the molecule is Cc1cc(C(=O)NCCOC(N)=O)sc1C#CCO. The van der Waals surface area contributed by atoms with Crippen LogP contribution < -0.4 is 11.1 Å². The molecule has 1 heterocycles. The zero-order chi connectivity index (χ0) is 14.3. The minimum Gasteiger partial charge on any atom is -0.448 e. The lowest BCUT2D eigenvalue weighted by atomic mass is 10.2. The third-order valence-electron chi connectivity index (χ3n) is 2.05. The van der Waals surface area contributed by atoms with E-state index in [4.69, 9.17) is 10.8 Å². The number of hydrogen-bond acceptors (Lipinski definition) is 5. The summed E-state index contributed by atoms with van der Waals surface area (Å²) in [7, 11) is 0. The maximum atomic E-state index is 11.8. The zero-order valence-electron chi connectivity index (χ0n) is 10.4. The molecule has 2 amide bonds. The summed E-state index contributed by atoms with van der Waals surface area (Å²) in [5, 5.41) is 11.2. The number of carbonyl (C=O) groups excluding carboxylic acids is 2. The Morgan fingerprint density at radius 2 is 2.32 bits per heavy atom. The number of nitrogens with two attached hydrogens (primary N) is 1. The van der Waals surface area contributed by atoms with Gasteiger partial charge in [0.2, 0.25) is 0 Å². The second kappa shape index (κ2) is 7.41. The van der Waals surface area contributed by atoms with Crippen LogP contribution in [0.5, 0.6) is 0 Å². The molecule has 0 atom stereocenters. The van der Waals surface area contributed by atoms with E-state index in [0.717, 1.165) is 10.4 Å². The summed E-state index contributed by atoms with van der Waals surface area (Å²) < 4.78 is 4.49. The van der Waals surface area contributed by atoms with E-state index in [-0.39, 0.29) is 25.7 Å². The van der Waals surface area contributed by atoms with Gasteiger partial charge in [-0.3, -0.25) is 4.79 Å². The lowest BCUT2D eigenvalue weighted by Gasteiger charge is -2.03. The fraction of sp³-hybridized carbons (Fsp3) is 0.333. The molecule has 1 rings (SSSR count). The van der Waals surface area contributed by atoms with Crippen LogP contribution in [0.4, 0.5) is 4.79 Å². The molecule has 0 aliphatic heterocycles. The summed E-state index contributed by atoms with van der Waals surface area (Å²) in [5.74, 6) is 5.04. The first-order valence-electron chi connectivity index (χ1n) is 5.45. The molecule has 102 valence electrons. The molecular formula is C12H14N2O4S. The fourth-order valence-corrected chi connectivity index (χ4v) is 2.20. The number of hydrogen-bond donors (Lipinski definition) is 3. The van der Waals surface area contributed by atoms with Gasteiger partial charge in [-0.25, -0.2) is 4.79 Å². The standard InChI is InChI=1S/C12H14N2O4S/c1-8-7-10(19-9(8)3-2-5-15)11(16)14-4-6-18-12(13)17/h7,15H,4-6H2,1H3,(H2,13,17)(H,14,16). The van der Waals surface area contributed by atoms with Crippen LogP contribution in [0.2, 0.25) is 0 Å². The zero-order valence-corrected chi connectivity index (χ0v) is 11.2. The van der Waals surface area contributed by atoms with Gasteiger partial charge in [0.25, 0.3) is 5.91 Å². The molecule has 0 aromatic carbocycles. The molecule has 0 unspecified atom stereocenters. The van der Waals surface area contributed by atoms with Gasteiger partial charge >= 0.3 is 6.09 Å². The highest BCUT2D eigenvalue weighted by Crippen LogP contribution is 2.20. The summed E-state index contributed by atoms with van der Waals surface area (Å²) in [5.41, 5.74) is 5.66. The molecule has 7 heteroatoms. The molecule has 0 saturated heterocycles. The van der Waals surface area contributed by atoms with Crippen molar-refractivity contribution in [2.45, 2.75) is 6.92 Å².